The highest BCUT2D eigenvalue weighted by atomic mass is 32.1. The second-order valence-electron chi connectivity index (χ2n) is 7.97. The number of rotatable bonds is 3. The first-order valence-corrected chi connectivity index (χ1v) is 10.7. The van der Waals surface area contributed by atoms with Crippen LogP contribution >= 0.6 is 11.3 Å². The monoisotopic (exact) mass is 443 g/mol. The van der Waals surface area contributed by atoms with E-state index < -0.39 is 11.9 Å². The van der Waals surface area contributed by atoms with Crippen molar-refractivity contribution in [2.75, 3.05) is 0 Å². The van der Waals surface area contributed by atoms with Crippen LogP contribution in [0, 0.1) is 13.8 Å². The lowest BCUT2D eigenvalue weighted by Crippen LogP contribution is -2.10. The molecule has 0 aliphatic heterocycles. The van der Waals surface area contributed by atoms with Crippen LogP contribution in [0.3, 0.4) is 0 Å². The number of alkyl halides is 3. The van der Waals surface area contributed by atoms with Crippen LogP contribution in [0.5, 0.6) is 0 Å². The number of aromatic nitrogens is 7. The van der Waals surface area contributed by atoms with E-state index in [0.717, 1.165) is 50.6 Å². The molecule has 1 aliphatic carbocycles. The van der Waals surface area contributed by atoms with Gasteiger partial charge in [-0.1, -0.05) is 0 Å². The SMILES string of the molecule is Cc1cc(C)c2c(n1)sc1c2ncn2nc(Cn3nc(C(F)(F)F)cc3C3CC3)nc12. The van der Waals surface area contributed by atoms with Crippen molar-refractivity contribution in [3.05, 3.63) is 46.9 Å². The summed E-state index contributed by atoms with van der Waals surface area (Å²) in [5, 5.41) is 9.25. The van der Waals surface area contributed by atoms with Crippen molar-refractivity contribution < 1.29 is 13.2 Å². The van der Waals surface area contributed by atoms with Crippen molar-refractivity contribution in [2.24, 2.45) is 0 Å². The molecule has 5 aromatic rings. The Morgan fingerprint density at radius 1 is 1.13 bits per heavy atom. The average Bonchev–Trinajstić information content (AvgIpc) is 3.13. The van der Waals surface area contributed by atoms with Gasteiger partial charge in [-0.2, -0.15) is 18.3 Å². The highest BCUT2D eigenvalue weighted by Crippen LogP contribution is 2.42. The van der Waals surface area contributed by atoms with Gasteiger partial charge in [-0.3, -0.25) is 4.68 Å². The molecule has 5 heterocycles. The second kappa shape index (κ2) is 6.22. The zero-order valence-electron chi connectivity index (χ0n) is 16.6. The number of hydrogen-bond donors (Lipinski definition) is 0. The normalized spacial score (nSPS) is 15.0. The molecule has 0 amide bonds. The van der Waals surface area contributed by atoms with Crippen molar-refractivity contribution in [2.45, 2.75) is 45.3 Å². The minimum absolute atomic E-state index is 0.0758. The summed E-state index contributed by atoms with van der Waals surface area (Å²) >= 11 is 1.50. The Morgan fingerprint density at radius 3 is 2.68 bits per heavy atom. The van der Waals surface area contributed by atoms with E-state index in [1.165, 1.54) is 16.0 Å². The van der Waals surface area contributed by atoms with Crippen LogP contribution in [0.1, 0.15) is 47.2 Å². The molecule has 6 rings (SSSR count). The molecule has 0 spiro atoms. The maximum atomic E-state index is 13.2. The van der Waals surface area contributed by atoms with Crippen molar-refractivity contribution in [3.8, 4) is 0 Å². The zero-order chi connectivity index (χ0) is 21.5. The van der Waals surface area contributed by atoms with Gasteiger partial charge in [-0.05, 0) is 44.4 Å². The van der Waals surface area contributed by atoms with Crippen molar-refractivity contribution in [1.82, 2.24) is 34.3 Å². The molecule has 0 unspecified atom stereocenters. The summed E-state index contributed by atoms with van der Waals surface area (Å²) in [6.07, 6.45) is -1.14. The molecule has 0 bridgehead atoms. The molecule has 31 heavy (non-hydrogen) atoms. The van der Waals surface area contributed by atoms with Gasteiger partial charge in [-0.15, -0.1) is 16.4 Å². The molecule has 0 N–H and O–H groups in total. The van der Waals surface area contributed by atoms with Crippen LogP contribution in [0.2, 0.25) is 0 Å². The number of fused-ring (bicyclic) bond motifs is 5. The van der Waals surface area contributed by atoms with Crippen LogP contribution in [0.25, 0.3) is 26.1 Å². The van der Waals surface area contributed by atoms with Gasteiger partial charge in [-0.25, -0.2) is 19.5 Å². The summed E-state index contributed by atoms with van der Waals surface area (Å²) in [7, 11) is 0. The van der Waals surface area contributed by atoms with E-state index in [0.29, 0.717) is 17.2 Å². The molecule has 0 aromatic carbocycles. The highest BCUT2D eigenvalue weighted by molar-refractivity contribution is 7.26. The van der Waals surface area contributed by atoms with Gasteiger partial charge >= 0.3 is 6.18 Å². The maximum Gasteiger partial charge on any atom is 0.435 e. The number of thiophene rings is 1. The topological polar surface area (TPSA) is 73.8 Å². The fourth-order valence-electron chi connectivity index (χ4n) is 4.02. The van der Waals surface area contributed by atoms with E-state index in [-0.39, 0.29) is 12.5 Å². The van der Waals surface area contributed by atoms with Gasteiger partial charge in [0.2, 0.25) is 0 Å². The smallest absolute Gasteiger partial charge is 0.261 e. The minimum Gasteiger partial charge on any atom is -0.261 e. The first-order valence-electron chi connectivity index (χ1n) is 9.83. The zero-order valence-corrected chi connectivity index (χ0v) is 17.4. The van der Waals surface area contributed by atoms with Gasteiger partial charge in [0.05, 0.1) is 5.52 Å². The summed E-state index contributed by atoms with van der Waals surface area (Å²) in [6, 6.07) is 3.17. The van der Waals surface area contributed by atoms with E-state index in [1.54, 1.807) is 10.8 Å². The van der Waals surface area contributed by atoms with Crippen LogP contribution in [0.15, 0.2) is 18.5 Å². The lowest BCUT2D eigenvalue weighted by molar-refractivity contribution is -0.141. The fraction of sp³-hybridized carbons (Fsp3) is 0.350. The van der Waals surface area contributed by atoms with Crippen LogP contribution < -0.4 is 0 Å². The number of pyridine rings is 1. The third-order valence-electron chi connectivity index (χ3n) is 5.52. The Bertz CT molecular complexity index is 1490. The third kappa shape index (κ3) is 2.98. The Morgan fingerprint density at radius 2 is 1.94 bits per heavy atom. The fourth-order valence-corrected chi connectivity index (χ4v) is 5.24. The average molecular weight is 443 g/mol. The first kappa shape index (κ1) is 18.7. The molecule has 5 aromatic heterocycles. The molecule has 158 valence electrons. The first-order chi connectivity index (χ1) is 14.8. The molecule has 7 nitrogen and oxygen atoms in total. The van der Waals surface area contributed by atoms with E-state index >= 15 is 0 Å². The molecule has 1 fully saturated rings. The molecule has 11 heteroatoms. The highest BCUT2D eigenvalue weighted by Gasteiger charge is 2.38. The minimum atomic E-state index is -4.47. The predicted molar refractivity (Wildman–Crippen MR) is 109 cm³/mol. The molecule has 1 saturated carbocycles. The van der Waals surface area contributed by atoms with Crippen LogP contribution in [-0.2, 0) is 12.7 Å². The van der Waals surface area contributed by atoms with Crippen molar-refractivity contribution in [3.63, 3.8) is 0 Å². The van der Waals surface area contributed by atoms with E-state index in [2.05, 4.69) is 25.1 Å². The van der Waals surface area contributed by atoms with Gasteiger partial charge in [0.15, 0.2) is 17.2 Å². The van der Waals surface area contributed by atoms with E-state index in [4.69, 9.17) is 0 Å². The molecule has 0 radical (unpaired) electrons. The Hall–Kier alpha value is -3.08. The van der Waals surface area contributed by atoms with Crippen LogP contribution in [-0.4, -0.2) is 34.3 Å². The largest absolute Gasteiger partial charge is 0.435 e. The van der Waals surface area contributed by atoms with E-state index in [9.17, 15) is 13.2 Å². The van der Waals surface area contributed by atoms with Crippen LogP contribution in [0.4, 0.5) is 13.2 Å². The summed E-state index contributed by atoms with van der Waals surface area (Å²) in [4.78, 5) is 14.7. The van der Waals surface area contributed by atoms with Gasteiger partial charge < -0.3 is 0 Å². The van der Waals surface area contributed by atoms with Gasteiger partial charge in [0.25, 0.3) is 0 Å². The number of nitrogens with zero attached hydrogens (tertiary/aromatic N) is 7. The van der Waals surface area contributed by atoms with Gasteiger partial charge in [0.1, 0.15) is 22.4 Å². The number of aryl methyl sites for hydroxylation is 2. The molecule has 1 aliphatic rings. The molecular weight excluding hydrogens is 427 g/mol. The summed E-state index contributed by atoms with van der Waals surface area (Å²) in [5.41, 5.74) is 3.18. The second-order valence-corrected chi connectivity index (χ2v) is 8.96. The molecular formula is C20H16F3N7S. The molecule has 0 saturated heterocycles. The standard InChI is InChI=1S/C20H16F3N7S/c1-9-5-10(2)25-19-15(9)16-17(31-19)18-26-14(28-30(18)8-24-16)7-29-12(11-3-4-11)6-13(27-29)20(21,22)23/h5-6,8,11H,3-4,7H2,1-2H3. The van der Waals surface area contributed by atoms with Crippen molar-refractivity contribution in [1.29, 1.82) is 0 Å². The summed E-state index contributed by atoms with van der Waals surface area (Å²) < 4.78 is 43.4. The Kier molecular flexibility index (Phi) is 3.75. The lowest BCUT2D eigenvalue weighted by atomic mass is 10.1. The number of hydrogen-bond acceptors (Lipinski definition) is 6. The maximum absolute atomic E-state index is 13.2. The summed E-state index contributed by atoms with van der Waals surface area (Å²) in [5.74, 6) is 0.514. The summed E-state index contributed by atoms with van der Waals surface area (Å²) in [6.45, 7) is 4.05. The lowest BCUT2D eigenvalue weighted by Gasteiger charge is -2.03. The Labute approximate surface area is 177 Å². The van der Waals surface area contributed by atoms with Gasteiger partial charge in [0, 0.05) is 22.7 Å². The third-order valence-corrected chi connectivity index (χ3v) is 6.59. The quantitative estimate of drug-likeness (QED) is 0.406. The number of halogens is 3. The molecule has 0 atom stereocenters. The predicted octanol–water partition coefficient (Wildman–Crippen LogP) is 4.65. The van der Waals surface area contributed by atoms with E-state index in [1.807, 2.05) is 19.9 Å². The Balaban J connectivity index is 1.47. The van der Waals surface area contributed by atoms with Crippen molar-refractivity contribution >= 4 is 37.4 Å².